The summed E-state index contributed by atoms with van der Waals surface area (Å²) in [4.78, 5) is 5.37. The predicted molar refractivity (Wildman–Crippen MR) is 252 cm³/mol. The number of para-hydroxylation sites is 2. The number of rotatable bonds is 6. The minimum Gasteiger partial charge on any atom is -0.309 e. The molecule has 3 nitrogen and oxygen atoms in total. The molecule has 0 aliphatic carbocycles. The summed E-state index contributed by atoms with van der Waals surface area (Å²) < 4.78 is 4.89. The van der Waals surface area contributed by atoms with Gasteiger partial charge in [0.25, 0.3) is 0 Å². The summed E-state index contributed by atoms with van der Waals surface area (Å²) in [6, 6.07) is 81.0. The van der Waals surface area contributed by atoms with Gasteiger partial charge in [-0.3, -0.25) is 0 Å². The van der Waals surface area contributed by atoms with Crippen LogP contribution in [0.2, 0.25) is 0 Å². The Labute approximate surface area is 347 Å². The number of fused-ring (bicyclic) bond motifs is 7. The number of pyridine rings is 1. The maximum absolute atomic E-state index is 5.37. The van der Waals surface area contributed by atoms with E-state index in [1.807, 2.05) is 0 Å². The Hall–Kier alpha value is -8.01. The summed E-state index contributed by atoms with van der Waals surface area (Å²) in [6.07, 6.45) is 0. The first-order valence-electron chi connectivity index (χ1n) is 20.5. The van der Waals surface area contributed by atoms with E-state index in [0.717, 1.165) is 39.3 Å². The van der Waals surface area contributed by atoms with Gasteiger partial charge in [0.2, 0.25) is 0 Å². The van der Waals surface area contributed by atoms with Crippen molar-refractivity contribution in [1.82, 2.24) is 14.1 Å². The normalized spacial score (nSPS) is 11.7. The van der Waals surface area contributed by atoms with Crippen LogP contribution in [-0.4, -0.2) is 14.1 Å². The smallest absolute Gasteiger partial charge is 0.0716 e. The molecular weight excluding hydrogens is 727 g/mol. The SMILES string of the molecule is c1ccc(-c2cc(-c3ccccc3-c3ccccc3)cc(-c3cccc(-n4c5ccccc5c5cc6c7ccccc7n(-c7cccc8ccccc78)c6cc54)c3)n2)cc1. The van der Waals surface area contributed by atoms with Crippen molar-refractivity contribution < 1.29 is 0 Å². The van der Waals surface area contributed by atoms with Crippen molar-refractivity contribution in [2.24, 2.45) is 0 Å². The quantitative estimate of drug-likeness (QED) is 0.165. The first kappa shape index (κ1) is 34.1. The highest BCUT2D eigenvalue weighted by molar-refractivity contribution is 6.19. The molecule has 0 aliphatic heterocycles. The lowest BCUT2D eigenvalue weighted by molar-refractivity contribution is 1.17. The second kappa shape index (κ2) is 13.8. The molecule has 0 radical (unpaired) electrons. The molecule has 0 fully saturated rings. The van der Waals surface area contributed by atoms with Crippen LogP contribution in [-0.2, 0) is 0 Å². The van der Waals surface area contributed by atoms with Crippen LogP contribution in [0.5, 0.6) is 0 Å². The minimum atomic E-state index is 0.926. The summed E-state index contributed by atoms with van der Waals surface area (Å²) in [7, 11) is 0. The van der Waals surface area contributed by atoms with Crippen molar-refractivity contribution in [2.75, 3.05) is 0 Å². The zero-order valence-corrected chi connectivity index (χ0v) is 32.7. The van der Waals surface area contributed by atoms with Crippen LogP contribution in [0.1, 0.15) is 0 Å². The minimum absolute atomic E-state index is 0.926. The van der Waals surface area contributed by atoms with Gasteiger partial charge in [-0.15, -0.1) is 0 Å². The van der Waals surface area contributed by atoms with Crippen LogP contribution in [0, 0.1) is 0 Å². The van der Waals surface area contributed by atoms with Crippen molar-refractivity contribution in [3.05, 3.63) is 224 Å². The summed E-state index contributed by atoms with van der Waals surface area (Å²) in [5.41, 5.74) is 15.7. The average Bonchev–Trinajstić information content (AvgIpc) is 3.83. The molecule has 12 aromatic rings. The number of benzene rings is 9. The van der Waals surface area contributed by atoms with Crippen LogP contribution < -0.4 is 0 Å². The topological polar surface area (TPSA) is 22.8 Å². The van der Waals surface area contributed by atoms with E-state index in [1.54, 1.807) is 0 Å². The highest BCUT2D eigenvalue weighted by Gasteiger charge is 2.20. The van der Waals surface area contributed by atoms with Crippen molar-refractivity contribution in [1.29, 1.82) is 0 Å². The highest BCUT2D eigenvalue weighted by atomic mass is 15.0. The van der Waals surface area contributed by atoms with Crippen LogP contribution in [0.3, 0.4) is 0 Å². The molecule has 0 atom stereocenters. The van der Waals surface area contributed by atoms with Crippen LogP contribution in [0.15, 0.2) is 224 Å². The first-order chi connectivity index (χ1) is 29.8. The maximum Gasteiger partial charge on any atom is 0.0716 e. The van der Waals surface area contributed by atoms with Crippen LogP contribution in [0.25, 0.3) is 111 Å². The summed E-state index contributed by atoms with van der Waals surface area (Å²) >= 11 is 0. The zero-order valence-electron chi connectivity index (χ0n) is 32.7. The van der Waals surface area contributed by atoms with E-state index in [-0.39, 0.29) is 0 Å². The van der Waals surface area contributed by atoms with E-state index in [1.165, 1.54) is 71.2 Å². The molecule has 0 bridgehead atoms. The average molecular weight is 764 g/mol. The molecule has 3 heterocycles. The second-order valence-electron chi connectivity index (χ2n) is 15.5. The van der Waals surface area contributed by atoms with Crippen LogP contribution >= 0.6 is 0 Å². The molecule has 0 aliphatic rings. The zero-order chi connectivity index (χ0) is 39.6. The molecule has 12 rings (SSSR count). The highest BCUT2D eigenvalue weighted by Crippen LogP contribution is 2.42. The number of aromatic nitrogens is 3. The van der Waals surface area contributed by atoms with Gasteiger partial charge in [-0.2, -0.15) is 0 Å². The maximum atomic E-state index is 5.37. The second-order valence-corrected chi connectivity index (χ2v) is 15.5. The number of nitrogens with zero attached hydrogens (tertiary/aromatic N) is 3. The van der Waals surface area contributed by atoms with E-state index in [2.05, 4.69) is 234 Å². The van der Waals surface area contributed by atoms with Gasteiger partial charge >= 0.3 is 0 Å². The van der Waals surface area contributed by atoms with Gasteiger partial charge in [0.05, 0.1) is 39.1 Å². The molecule has 0 unspecified atom stereocenters. The summed E-state index contributed by atoms with van der Waals surface area (Å²) in [5, 5.41) is 7.40. The van der Waals surface area contributed by atoms with Gasteiger partial charge in [0, 0.05) is 43.7 Å². The number of hydrogen-bond donors (Lipinski definition) is 0. The molecule has 3 aromatic heterocycles. The van der Waals surface area contributed by atoms with Crippen molar-refractivity contribution in [3.8, 4) is 56.1 Å². The van der Waals surface area contributed by atoms with Gasteiger partial charge in [-0.25, -0.2) is 4.98 Å². The molecule has 0 spiro atoms. The monoisotopic (exact) mass is 763 g/mol. The molecule has 0 N–H and O–H groups in total. The van der Waals surface area contributed by atoms with Gasteiger partial charge in [0.1, 0.15) is 0 Å². The third kappa shape index (κ3) is 5.48. The van der Waals surface area contributed by atoms with Crippen molar-refractivity contribution in [2.45, 2.75) is 0 Å². The Balaban J connectivity index is 1.09. The fourth-order valence-electron chi connectivity index (χ4n) is 9.37. The largest absolute Gasteiger partial charge is 0.309 e. The van der Waals surface area contributed by atoms with E-state index in [4.69, 9.17) is 4.98 Å². The number of hydrogen-bond acceptors (Lipinski definition) is 1. The van der Waals surface area contributed by atoms with Crippen LogP contribution in [0.4, 0.5) is 0 Å². The Bertz CT molecular complexity index is 3590. The van der Waals surface area contributed by atoms with Gasteiger partial charge in [0.15, 0.2) is 0 Å². The molecule has 60 heavy (non-hydrogen) atoms. The van der Waals surface area contributed by atoms with E-state index >= 15 is 0 Å². The molecule has 9 aromatic carbocycles. The van der Waals surface area contributed by atoms with E-state index < -0.39 is 0 Å². The fourth-order valence-corrected chi connectivity index (χ4v) is 9.37. The van der Waals surface area contributed by atoms with Gasteiger partial charge < -0.3 is 9.13 Å². The third-order valence-electron chi connectivity index (χ3n) is 12.1. The lowest BCUT2D eigenvalue weighted by Gasteiger charge is -2.15. The predicted octanol–water partition coefficient (Wildman–Crippen LogP) is 15.1. The fraction of sp³-hybridized carbons (Fsp3) is 0. The third-order valence-corrected chi connectivity index (χ3v) is 12.1. The summed E-state index contributed by atoms with van der Waals surface area (Å²) in [6.45, 7) is 0. The summed E-state index contributed by atoms with van der Waals surface area (Å²) in [5.74, 6) is 0. The Morgan fingerprint density at radius 3 is 1.53 bits per heavy atom. The van der Waals surface area contributed by atoms with Gasteiger partial charge in [-0.1, -0.05) is 170 Å². The Morgan fingerprint density at radius 2 is 0.800 bits per heavy atom. The van der Waals surface area contributed by atoms with Crippen molar-refractivity contribution >= 4 is 54.4 Å². The lowest BCUT2D eigenvalue weighted by atomic mass is 9.93. The Morgan fingerprint density at radius 1 is 0.283 bits per heavy atom. The standard InChI is InChI=1S/C57H37N3/c1-3-17-38(18-4-1)44-25-9-10-26-45(44)42-34-51(40-20-5-2-6-21-40)58-52(35-42)41-23-15-24-43(33-41)59-54-30-13-11-28-47(54)49-36-50-48-29-12-14-31-55(48)60(57(50)37-56(49)59)53-32-16-22-39-19-7-8-27-46(39)53/h1-37H. The first-order valence-corrected chi connectivity index (χ1v) is 20.5. The van der Waals surface area contributed by atoms with E-state index in [0.29, 0.717) is 0 Å². The molecule has 0 saturated heterocycles. The molecule has 0 amide bonds. The molecule has 0 saturated carbocycles. The van der Waals surface area contributed by atoms with Crippen molar-refractivity contribution in [3.63, 3.8) is 0 Å². The lowest BCUT2D eigenvalue weighted by Crippen LogP contribution is -1.97. The molecule has 280 valence electrons. The van der Waals surface area contributed by atoms with E-state index in [9.17, 15) is 0 Å². The molecule has 3 heteroatoms. The van der Waals surface area contributed by atoms with Gasteiger partial charge in [-0.05, 0) is 82.2 Å². The molecular formula is C57H37N3. The Kier molecular flexibility index (Phi) is 7.85.